The lowest BCUT2D eigenvalue weighted by Gasteiger charge is -2.09. The number of fused-ring (bicyclic) bond motifs is 3. The number of Topliss-reactive ketones (excluding diaryl/α,β-unsaturated/α-hetero) is 1. The van der Waals surface area contributed by atoms with Crippen molar-refractivity contribution in [1.82, 2.24) is 0 Å². The van der Waals surface area contributed by atoms with E-state index in [1.807, 2.05) is 0 Å². The zero-order chi connectivity index (χ0) is 9.71. The van der Waals surface area contributed by atoms with E-state index in [9.17, 15) is 4.79 Å². The lowest BCUT2D eigenvalue weighted by Crippen LogP contribution is -2.02. The molecule has 0 unspecified atom stereocenters. The normalized spacial score (nSPS) is 18.4. The average Bonchev–Trinajstić information content (AvgIpc) is 2.71. The van der Waals surface area contributed by atoms with Crippen molar-refractivity contribution in [3.8, 4) is 0 Å². The highest BCUT2D eigenvalue weighted by atomic mass is 16.1. The Balaban J connectivity index is 2.34. The first-order valence-electron chi connectivity index (χ1n) is 5.23. The smallest absolute Gasteiger partial charge is 0.163 e. The third kappa shape index (κ3) is 0.884. The number of benzene rings is 1. The van der Waals surface area contributed by atoms with Gasteiger partial charge in [0, 0.05) is 17.7 Å². The second kappa shape index (κ2) is 2.59. The number of hydrogen-bond donors (Lipinski definition) is 1. The van der Waals surface area contributed by atoms with Crippen LogP contribution in [0.15, 0.2) is 6.07 Å². The molecule has 2 heteroatoms. The molecule has 14 heavy (non-hydrogen) atoms. The maximum Gasteiger partial charge on any atom is 0.163 e. The summed E-state index contributed by atoms with van der Waals surface area (Å²) < 4.78 is 0. The molecule has 1 aromatic rings. The van der Waals surface area contributed by atoms with Crippen molar-refractivity contribution < 1.29 is 4.79 Å². The van der Waals surface area contributed by atoms with Gasteiger partial charge in [0.2, 0.25) is 0 Å². The van der Waals surface area contributed by atoms with Crippen LogP contribution in [0.25, 0.3) is 0 Å². The van der Waals surface area contributed by atoms with Gasteiger partial charge in [0.1, 0.15) is 0 Å². The molecule has 1 aromatic carbocycles. The third-order valence-corrected chi connectivity index (χ3v) is 3.42. The van der Waals surface area contributed by atoms with Gasteiger partial charge in [-0.1, -0.05) is 0 Å². The quantitative estimate of drug-likeness (QED) is 0.630. The number of carbonyl (C=O) groups is 1. The van der Waals surface area contributed by atoms with Gasteiger partial charge >= 0.3 is 0 Å². The number of aryl methyl sites for hydroxylation is 1. The molecule has 0 amide bonds. The van der Waals surface area contributed by atoms with Crippen molar-refractivity contribution in [1.29, 1.82) is 0 Å². The maximum atomic E-state index is 11.7. The van der Waals surface area contributed by atoms with E-state index < -0.39 is 0 Å². The fraction of sp³-hybridized carbons (Fsp3) is 0.417. The van der Waals surface area contributed by atoms with E-state index in [0.29, 0.717) is 12.2 Å². The molecule has 0 bridgehead atoms. The van der Waals surface area contributed by atoms with Gasteiger partial charge in [0.25, 0.3) is 0 Å². The van der Waals surface area contributed by atoms with Gasteiger partial charge in [-0.05, 0) is 48.4 Å². The Hall–Kier alpha value is -1.31. The highest BCUT2D eigenvalue weighted by Gasteiger charge is 2.28. The minimum absolute atomic E-state index is 0.311. The fourth-order valence-electron chi connectivity index (χ4n) is 2.78. The minimum atomic E-state index is 0.311. The van der Waals surface area contributed by atoms with Crippen LogP contribution >= 0.6 is 0 Å². The molecule has 0 saturated heterocycles. The van der Waals surface area contributed by atoms with Gasteiger partial charge in [-0.15, -0.1) is 0 Å². The van der Waals surface area contributed by atoms with Crippen molar-refractivity contribution in [3.63, 3.8) is 0 Å². The summed E-state index contributed by atoms with van der Waals surface area (Å²) in [5.74, 6) is 0.311. The van der Waals surface area contributed by atoms with Crippen molar-refractivity contribution in [3.05, 3.63) is 28.3 Å². The number of ketones is 1. The predicted molar refractivity (Wildman–Crippen MR) is 55.5 cm³/mol. The van der Waals surface area contributed by atoms with Crippen LogP contribution in [-0.4, -0.2) is 5.78 Å². The Kier molecular flexibility index (Phi) is 1.49. The molecule has 0 fully saturated rings. The van der Waals surface area contributed by atoms with Crippen molar-refractivity contribution in [2.24, 2.45) is 0 Å². The van der Waals surface area contributed by atoms with Crippen LogP contribution in [0, 0.1) is 0 Å². The molecule has 0 heterocycles. The van der Waals surface area contributed by atoms with Gasteiger partial charge in [-0.25, -0.2) is 0 Å². The number of hydrogen-bond acceptors (Lipinski definition) is 2. The second-order valence-electron chi connectivity index (χ2n) is 4.23. The van der Waals surface area contributed by atoms with Crippen LogP contribution in [0.1, 0.15) is 39.9 Å². The van der Waals surface area contributed by atoms with E-state index >= 15 is 0 Å². The van der Waals surface area contributed by atoms with Gasteiger partial charge in [-0.3, -0.25) is 4.79 Å². The molecule has 2 nitrogen and oxygen atoms in total. The van der Waals surface area contributed by atoms with E-state index in [1.54, 1.807) is 0 Å². The second-order valence-corrected chi connectivity index (χ2v) is 4.23. The molecule has 2 aliphatic carbocycles. The Morgan fingerprint density at radius 1 is 1.07 bits per heavy atom. The summed E-state index contributed by atoms with van der Waals surface area (Å²) in [5.41, 5.74) is 11.5. The van der Waals surface area contributed by atoms with Crippen LogP contribution in [-0.2, 0) is 19.3 Å². The van der Waals surface area contributed by atoms with E-state index in [-0.39, 0.29) is 0 Å². The van der Waals surface area contributed by atoms with Crippen molar-refractivity contribution in [2.75, 3.05) is 5.73 Å². The van der Waals surface area contributed by atoms with E-state index in [1.165, 1.54) is 17.5 Å². The molecule has 0 aromatic heterocycles. The Morgan fingerprint density at radius 3 is 2.79 bits per heavy atom. The molecule has 0 radical (unpaired) electrons. The summed E-state index contributed by atoms with van der Waals surface area (Å²) in [4.78, 5) is 11.7. The Bertz CT molecular complexity index is 434. The summed E-state index contributed by atoms with van der Waals surface area (Å²) >= 11 is 0. The van der Waals surface area contributed by atoms with E-state index in [0.717, 1.165) is 36.1 Å². The van der Waals surface area contributed by atoms with Crippen LogP contribution in [0.5, 0.6) is 0 Å². The minimum Gasteiger partial charge on any atom is -0.398 e. The summed E-state index contributed by atoms with van der Waals surface area (Å²) in [6, 6.07) is 2.08. The Morgan fingerprint density at radius 2 is 1.93 bits per heavy atom. The molecule has 0 saturated carbocycles. The topological polar surface area (TPSA) is 43.1 Å². The fourth-order valence-corrected chi connectivity index (χ4v) is 2.78. The number of nitrogens with two attached hydrogens (primary N) is 1. The first-order valence-corrected chi connectivity index (χ1v) is 5.23. The standard InChI is InChI=1S/C12H13NO/c13-10-6-7-2-1-3-8(7)12-9(10)4-5-11(12)14/h6H,1-5,13H2. The summed E-state index contributed by atoms with van der Waals surface area (Å²) in [6.45, 7) is 0. The average molecular weight is 187 g/mol. The highest BCUT2D eigenvalue weighted by molar-refractivity contribution is 6.03. The molecular formula is C12H13NO. The monoisotopic (exact) mass is 187 g/mol. The largest absolute Gasteiger partial charge is 0.398 e. The number of carbonyl (C=O) groups excluding carboxylic acids is 1. The van der Waals surface area contributed by atoms with E-state index in [2.05, 4.69) is 6.07 Å². The third-order valence-electron chi connectivity index (χ3n) is 3.42. The predicted octanol–water partition coefficient (Wildman–Crippen LogP) is 1.89. The zero-order valence-electron chi connectivity index (χ0n) is 8.10. The lowest BCUT2D eigenvalue weighted by atomic mass is 9.97. The number of nitrogen functional groups attached to an aromatic ring is 1. The highest BCUT2D eigenvalue weighted by Crippen LogP contribution is 2.36. The number of rotatable bonds is 0. The summed E-state index contributed by atoms with van der Waals surface area (Å²) in [7, 11) is 0. The van der Waals surface area contributed by atoms with E-state index in [4.69, 9.17) is 5.73 Å². The lowest BCUT2D eigenvalue weighted by molar-refractivity contribution is 0.0994. The zero-order valence-corrected chi connectivity index (χ0v) is 8.10. The molecular weight excluding hydrogens is 174 g/mol. The molecule has 2 aliphatic rings. The van der Waals surface area contributed by atoms with Gasteiger partial charge in [0.15, 0.2) is 5.78 Å². The van der Waals surface area contributed by atoms with Crippen LogP contribution in [0.4, 0.5) is 5.69 Å². The summed E-state index contributed by atoms with van der Waals surface area (Å²) in [6.07, 6.45) is 4.87. The van der Waals surface area contributed by atoms with Gasteiger partial charge in [0.05, 0.1) is 0 Å². The Labute approximate surface area is 83.1 Å². The van der Waals surface area contributed by atoms with Crippen molar-refractivity contribution >= 4 is 11.5 Å². The summed E-state index contributed by atoms with van der Waals surface area (Å²) in [5, 5.41) is 0. The molecule has 0 aliphatic heterocycles. The van der Waals surface area contributed by atoms with Crippen LogP contribution in [0.3, 0.4) is 0 Å². The van der Waals surface area contributed by atoms with Crippen LogP contribution < -0.4 is 5.73 Å². The SMILES string of the molecule is Nc1cc2c(c3c1CCC3=O)CCC2. The first-order chi connectivity index (χ1) is 6.77. The molecule has 3 rings (SSSR count). The first kappa shape index (κ1) is 8.04. The van der Waals surface area contributed by atoms with Crippen LogP contribution in [0.2, 0.25) is 0 Å². The maximum absolute atomic E-state index is 11.7. The number of anilines is 1. The van der Waals surface area contributed by atoms with Crippen molar-refractivity contribution in [2.45, 2.75) is 32.1 Å². The van der Waals surface area contributed by atoms with Gasteiger partial charge < -0.3 is 5.73 Å². The van der Waals surface area contributed by atoms with Gasteiger partial charge in [-0.2, -0.15) is 0 Å². The molecule has 0 atom stereocenters. The molecule has 2 N–H and O–H groups in total. The molecule has 0 spiro atoms. The molecule has 72 valence electrons.